The number of aliphatic hydroxyl groups excluding tert-OH is 1. The van der Waals surface area contributed by atoms with E-state index in [2.05, 4.69) is 25.6 Å². The molecule has 0 radical (unpaired) electrons. The molecule has 114 valence electrons. The second kappa shape index (κ2) is 6.97. The fourth-order valence-corrected chi connectivity index (χ4v) is 4.41. The average Bonchev–Trinajstić information content (AvgIpc) is 2.94. The Hall–Kier alpha value is -0.800. The van der Waals surface area contributed by atoms with Gasteiger partial charge in [-0.05, 0) is 30.2 Å². The maximum atomic E-state index is 12.4. The van der Waals surface area contributed by atoms with Crippen molar-refractivity contribution in [2.45, 2.75) is 24.8 Å². The van der Waals surface area contributed by atoms with E-state index in [0.29, 0.717) is 22.0 Å². The van der Waals surface area contributed by atoms with Crippen LogP contribution < -0.4 is 4.72 Å². The van der Waals surface area contributed by atoms with E-state index in [-0.39, 0.29) is 18.0 Å². The summed E-state index contributed by atoms with van der Waals surface area (Å²) in [6.07, 6.45) is 0.544. The van der Waals surface area contributed by atoms with Crippen molar-refractivity contribution in [3.05, 3.63) is 44.3 Å². The number of aromatic nitrogens is 1. The van der Waals surface area contributed by atoms with Crippen LogP contribution in [0, 0.1) is 6.92 Å². The van der Waals surface area contributed by atoms with E-state index in [1.165, 1.54) is 17.4 Å². The number of hydrogen-bond acceptors (Lipinski definition) is 5. The van der Waals surface area contributed by atoms with Gasteiger partial charge in [-0.1, -0.05) is 15.9 Å². The highest BCUT2D eigenvalue weighted by molar-refractivity contribution is 9.10. The molecule has 2 N–H and O–H groups in total. The van der Waals surface area contributed by atoms with Crippen molar-refractivity contribution in [2.75, 3.05) is 6.54 Å². The molecule has 1 aromatic heterocycles. The lowest BCUT2D eigenvalue weighted by Gasteiger charge is -2.12. The molecule has 0 atom stereocenters. The summed E-state index contributed by atoms with van der Waals surface area (Å²) >= 11 is 4.80. The molecule has 8 heteroatoms. The van der Waals surface area contributed by atoms with Crippen LogP contribution in [-0.2, 0) is 23.1 Å². The number of halogens is 1. The standard InChI is InChI=1S/C13H15BrN2O3S2/c1-9-12(14)4-10(6-17)5-13(9)21(18,19)16-3-2-11-7-20-8-15-11/h4-5,7-8,16-17H,2-3,6H2,1H3. The molecular formula is C13H15BrN2O3S2. The first kappa shape index (κ1) is 16.6. The Bertz CT molecular complexity index is 715. The van der Waals surface area contributed by atoms with Crippen LogP contribution in [0.25, 0.3) is 0 Å². The van der Waals surface area contributed by atoms with Gasteiger partial charge in [0.25, 0.3) is 0 Å². The molecular weight excluding hydrogens is 376 g/mol. The fraction of sp³-hybridized carbons (Fsp3) is 0.308. The number of benzene rings is 1. The van der Waals surface area contributed by atoms with Crippen molar-refractivity contribution >= 4 is 37.3 Å². The van der Waals surface area contributed by atoms with Gasteiger partial charge < -0.3 is 5.11 Å². The third-order valence-electron chi connectivity index (χ3n) is 2.99. The summed E-state index contributed by atoms with van der Waals surface area (Å²) in [5.74, 6) is 0. The predicted octanol–water partition coefficient (Wildman–Crippen LogP) is 2.23. The van der Waals surface area contributed by atoms with Gasteiger partial charge in [-0.3, -0.25) is 0 Å². The highest BCUT2D eigenvalue weighted by Crippen LogP contribution is 2.25. The number of rotatable bonds is 6. The monoisotopic (exact) mass is 390 g/mol. The molecule has 0 amide bonds. The van der Waals surface area contributed by atoms with Gasteiger partial charge in [-0.15, -0.1) is 11.3 Å². The second-order valence-electron chi connectivity index (χ2n) is 4.49. The molecule has 21 heavy (non-hydrogen) atoms. The van der Waals surface area contributed by atoms with E-state index in [4.69, 9.17) is 0 Å². The molecule has 0 spiro atoms. The van der Waals surface area contributed by atoms with Crippen LogP contribution in [0.3, 0.4) is 0 Å². The molecule has 0 aliphatic carbocycles. The summed E-state index contributed by atoms with van der Waals surface area (Å²) < 4.78 is 28.0. The van der Waals surface area contributed by atoms with E-state index in [9.17, 15) is 13.5 Å². The fourth-order valence-electron chi connectivity index (χ4n) is 1.83. The van der Waals surface area contributed by atoms with Crippen molar-refractivity contribution in [3.8, 4) is 0 Å². The van der Waals surface area contributed by atoms with Crippen LogP contribution in [0.1, 0.15) is 16.8 Å². The van der Waals surface area contributed by atoms with Crippen molar-refractivity contribution in [1.82, 2.24) is 9.71 Å². The van der Waals surface area contributed by atoms with Gasteiger partial charge in [0.15, 0.2) is 0 Å². The molecule has 2 aromatic rings. The molecule has 1 aromatic carbocycles. The summed E-state index contributed by atoms with van der Waals surface area (Å²) in [7, 11) is -3.61. The quantitative estimate of drug-likeness (QED) is 0.792. The Kier molecular flexibility index (Phi) is 5.50. The van der Waals surface area contributed by atoms with Gasteiger partial charge in [0.2, 0.25) is 10.0 Å². The third kappa shape index (κ3) is 4.10. The van der Waals surface area contributed by atoms with Gasteiger partial charge in [0, 0.05) is 22.8 Å². The summed E-state index contributed by atoms with van der Waals surface area (Å²) in [5, 5.41) is 11.1. The van der Waals surface area contributed by atoms with E-state index < -0.39 is 10.0 Å². The maximum Gasteiger partial charge on any atom is 0.240 e. The van der Waals surface area contributed by atoms with Crippen LogP contribution in [0.2, 0.25) is 0 Å². The normalized spacial score (nSPS) is 11.8. The molecule has 0 aliphatic heterocycles. The van der Waals surface area contributed by atoms with E-state index >= 15 is 0 Å². The van der Waals surface area contributed by atoms with Gasteiger partial charge in [-0.2, -0.15) is 0 Å². The van der Waals surface area contributed by atoms with Gasteiger partial charge in [0.1, 0.15) is 0 Å². The number of thiazole rings is 1. The molecule has 0 saturated heterocycles. The lowest BCUT2D eigenvalue weighted by molar-refractivity contribution is 0.281. The zero-order valence-electron chi connectivity index (χ0n) is 11.3. The minimum absolute atomic E-state index is 0.180. The first-order chi connectivity index (χ1) is 9.94. The Morgan fingerprint density at radius 2 is 2.19 bits per heavy atom. The molecule has 2 rings (SSSR count). The maximum absolute atomic E-state index is 12.4. The highest BCUT2D eigenvalue weighted by atomic mass is 79.9. The topological polar surface area (TPSA) is 79.3 Å². The summed E-state index contributed by atoms with van der Waals surface area (Å²) in [6, 6.07) is 3.20. The number of hydrogen-bond donors (Lipinski definition) is 2. The zero-order valence-corrected chi connectivity index (χ0v) is 14.6. The minimum Gasteiger partial charge on any atom is -0.392 e. The van der Waals surface area contributed by atoms with Crippen LogP contribution in [0.5, 0.6) is 0 Å². The summed E-state index contributed by atoms with van der Waals surface area (Å²) in [4.78, 5) is 4.29. The first-order valence-corrected chi connectivity index (χ1v) is 9.42. The van der Waals surface area contributed by atoms with Gasteiger partial charge >= 0.3 is 0 Å². The highest BCUT2D eigenvalue weighted by Gasteiger charge is 2.19. The molecule has 0 unspecified atom stereocenters. The number of sulfonamides is 1. The summed E-state index contributed by atoms with van der Waals surface area (Å²) in [6.45, 7) is 1.80. The largest absolute Gasteiger partial charge is 0.392 e. The second-order valence-corrected chi connectivity index (χ2v) is 7.79. The third-order valence-corrected chi connectivity index (χ3v) is 6.03. The van der Waals surface area contributed by atoms with Gasteiger partial charge in [-0.25, -0.2) is 18.1 Å². The minimum atomic E-state index is -3.61. The Labute approximate surface area is 136 Å². The average molecular weight is 391 g/mol. The van der Waals surface area contributed by atoms with E-state index in [0.717, 1.165) is 5.69 Å². The Balaban J connectivity index is 2.17. The lowest BCUT2D eigenvalue weighted by atomic mass is 10.2. The van der Waals surface area contributed by atoms with Crippen LogP contribution in [0.15, 0.2) is 32.4 Å². The van der Waals surface area contributed by atoms with Crippen molar-refractivity contribution in [3.63, 3.8) is 0 Å². The number of nitrogens with zero attached hydrogens (tertiary/aromatic N) is 1. The zero-order chi connectivity index (χ0) is 15.5. The van der Waals surface area contributed by atoms with E-state index in [1.807, 2.05) is 5.38 Å². The van der Waals surface area contributed by atoms with Crippen LogP contribution in [-0.4, -0.2) is 25.1 Å². The predicted molar refractivity (Wildman–Crippen MR) is 85.8 cm³/mol. The Morgan fingerprint density at radius 3 is 2.81 bits per heavy atom. The van der Waals surface area contributed by atoms with Crippen LogP contribution in [0.4, 0.5) is 0 Å². The molecule has 0 aliphatic rings. The smallest absolute Gasteiger partial charge is 0.240 e. The van der Waals surface area contributed by atoms with E-state index in [1.54, 1.807) is 18.5 Å². The molecule has 5 nitrogen and oxygen atoms in total. The lowest BCUT2D eigenvalue weighted by Crippen LogP contribution is -2.27. The molecule has 0 fully saturated rings. The molecule has 0 bridgehead atoms. The van der Waals surface area contributed by atoms with Crippen molar-refractivity contribution in [2.24, 2.45) is 0 Å². The number of aliphatic hydroxyl groups is 1. The molecule has 1 heterocycles. The molecule has 0 saturated carbocycles. The van der Waals surface area contributed by atoms with Crippen molar-refractivity contribution in [1.29, 1.82) is 0 Å². The van der Waals surface area contributed by atoms with Gasteiger partial charge in [0.05, 0.1) is 22.7 Å². The Morgan fingerprint density at radius 1 is 1.43 bits per heavy atom. The first-order valence-electron chi connectivity index (χ1n) is 6.20. The number of nitrogens with one attached hydrogen (secondary N) is 1. The summed E-state index contributed by atoms with van der Waals surface area (Å²) in [5.41, 5.74) is 3.75. The van der Waals surface area contributed by atoms with Crippen molar-refractivity contribution < 1.29 is 13.5 Å². The SMILES string of the molecule is Cc1c(Br)cc(CO)cc1S(=O)(=O)NCCc1cscn1. The van der Waals surface area contributed by atoms with Crippen LogP contribution >= 0.6 is 27.3 Å².